The average molecular weight is 93.1 g/mol. The van der Waals surface area contributed by atoms with Crippen molar-refractivity contribution in [2.24, 2.45) is 5.73 Å². The summed E-state index contributed by atoms with van der Waals surface area (Å²) >= 11 is 0. The van der Waals surface area contributed by atoms with Crippen LogP contribution in [-0.4, -0.2) is 0 Å². The lowest BCUT2D eigenvalue weighted by Crippen LogP contribution is -1.73. The van der Waals surface area contributed by atoms with Gasteiger partial charge in [0.05, 0.1) is 0 Å². The summed E-state index contributed by atoms with van der Waals surface area (Å²) in [5.41, 5.74) is 4.82. The third kappa shape index (κ3) is 4.84. The zero-order chi connectivity index (χ0) is 5.54. The minimum atomic E-state index is 1.63. The molecule has 0 aliphatic heterocycles. The molecule has 0 spiro atoms. The normalized spacial score (nSPS) is 7.43. The zero-order valence-corrected chi connectivity index (χ0v) is 4.02. The van der Waals surface area contributed by atoms with E-state index in [0.717, 1.165) is 0 Å². The van der Waals surface area contributed by atoms with E-state index in [4.69, 9.17) is 5.73 Å². The minimum Gasteiger partial charge on any atom is -0.359 e. The van der Waals surface area contributed by atoms with Crippen molar-refractivity contribution in [2.75, 3.05) is 0 Å². The molecule has 0 saturated carbocycles. The van der Waals surface area contributed by atoms with Gasteiger partial charge in [0.15, 0.2) is 0 Å². The predicted molar refractivity (Wildman–Crippen MR) is 31.3 cm³/mol. The summed E-state index contributed by atoms with van der Waals surface area (Å²) in [4.78, 5) is 0. The Morgan fingerprint density at radius 2 is 2.29 bits per heavy atom. The van der Waals surface area contributed by atoms with Crippen LogP contribution in [0.1, 0.15) is 0 Å². The standard InChI is InChI=1S/C6H7N/c1-2-3-4-5-6-7/h2-4H,1,7H2/b4-3-. The van der Waals surface area contributed by atoms with Gasteiger partial charge in [0.1, 0.15) is 0 Å². The molecule has 0 heterocycles. The lowest BCUT2D eigenvalue weighted by atomic mass is 10.5. The smallest absolute Gasteiger partial charge is 0.00636 e. The first kappa shape index (κ1) is 5.84. The van der Waals surface area contributed by atoms with Crippen molar-refractivity contribution in [2.45, 2.75) is 0 Å². The fourth-order valence-corrected chi connectivity index (χ4v) is 0.164. The molecule has 0 saturated heterocycles. The van der Waals surface area contributed by atoms with Crippen LogP contribution in [0.4, 0.5) is 0 Å². The predicted octanol–water partition coefficient (Wildman–Crippen LogP) is 0.648. The molecule has 0 bridgehead atoms. The number of rotatable bonds is 1. The number of allylic oxidation sites excluding steroid dienone is 3. The quantitative estimate of drug-likeness (QED) is 0.287. The third-order valence-corrected chi connectivity index (χ3v) is 0.399. The molecule has 0 atom stereocenters. The van der Waals surface area contributed by atoms with Crippen LogP contribution in [0.2, 0.25) is 0 Å². The molecule has 0 aliphatic rings. The van der Waals surface area contributed by atoms with Gasteiger partial charge in [0.25, 0.3) is 0 Å². The molecule has 7 heavy (non-hydrogen) atoms. The molecular formula is C6H7N. The first-order valence-corrected chi connectivity index (χ1v) is 1.90. The van der Waals surface area contributed by atoms with Crippen molar-refractivity contribution >= 4 is 0 Å². The molecule has 0 rings (SSSR count). The first-order chi connectivity index (χ1) is 3.41. The lowest BCUT2D eigenvalue weighted by Gasteiger charge is -1.60. The molecule has 36 valence electrons. The molecule has 0 aromatic heterocycles. The number of hydrogen-bond donors (Lipinski definition) is 1. The summed E-state index contributed by atoms with van der Waals surface area (Å²) in [6.07, 6.45) is 5.00. The molecule has 1 heteroatoms. The summed E-state index contributed by atoms with van der Waals surface area (Å²) in [6, 6.07) is 2.22. The van der Waals surface area contributed by atoms with E-state index in [-0.39, 0.29) is 0 Å². The summed E-state index contributed by atoms with van der Waals surface area (Å²) in [7, 11) is 0. The SMILES string of the molecule is C=C/C=C\C#CN. The zero-order valence-electron chi connectivity index (χ0n) is 4.02. The fraction of sp³-hybridized carbons (Fsp3) is 0. The highest BCUT2D eigenvalue weighted by Gasteiger charge is 1.50. The Labute approximate surface area is 43.5 Å². The highest BCUT2D eigenvalue weighted by atomic mass is 14.4. The van der Waals surface area contributed by atoms with Crippen LogP contribution in [0, 0.1) is 12.0 Å². The Morgan fingerprint density at radius 1 is 1.57 bits per heavy atom. The second kappa shape index (κ2) is 4.84. The topological polar surface area (TPSA) is 26.0 Å². The van der Waals surface area contributed by atoms with E-state index in [0.29, 0.717) is 0 Å². The van der Waals surface area contributed by atoms with E-state index < -0.39 is 0 Å². The van der Waals surface area contributed by atoms with E-state index in [2.05, 4.69) is 18.5 Å². The second-order valence-electron chi connectivity index (χ2n) is 0.883. The highest BCUT2D eigenvalue weighted by molar-refractivity contribution is 5.16. The fourth-order valence-electron chi connectivity index (χ4n) is 0.164. The maximum atomic E-state index is 4.82. The van der Waals surface area contributed by atoms with Gasteiger partial charge < -0.3 is 5.73 Å². The van der Waals surface area contributed by atoms with Gasteiger partial charge in [0, 0.05) is 6.04 Å². The van der Waals surface area contributed by atoms with Crippen LogP contribution < -0.4 is 5.73 Å². The van der Waals surface area contributed by atoms with Crippen LogP contribution >= 0.6 is 0 Å². The van der Waals surface area contributed by atoms with E-state index in [1.165, 1.54) is 0 Å². The lowest BCUT2D eigenvalue weighted by molar-refractivity contribution is 1.74. The number of nitrogens with two attached hydrogens (primary N) is 1. The highest BCUT2D eigenvalue weighted by Crippen LogP contribution is 1.66. The molecular weight excluding hydrogens is 86.1 g/mol. The molecule has 0 unspecified atom stereocenters. The minimum absolute atomic E-state index is 1.63. The third-order valence-electron chi connectivity index (χ3n) is 0.399. The van der Waals surface area contributed by atoms with Gasteiger partial charge >= 0.3 is 0 Å². The number of hydrogen-bond acceptors (Lipinski definition) is 1. The van der Waals surface area contributed by atoms with Crippen molar-refractivity contribution in [3.63, 3.8) is 0 Å². The largest absolute Gasteiger partial charge is 0.359 e. The Hall–Kier alpha value is -1.16. The molecule has 0 aromatic carbocycles. The van der Waals surface area contributed by atoms with Crippen molar-refractivity contribution in [1.82, 2.24) is 0 Å². The van der Waals surface area contributed by atoms with Crippen LogP contribution in [0.15, 0.2) is 24.8 Å². The van der Waals surface area contributed by atoms with E-state index in [9.17, 15) is 0 Å². The first-order valence-electron chi connectivity index (χ1n) is 1.90. The van der Waals surface area contributed by atoms with Crippen molar-refractivity contribution < 1.29 is 0 Å². The Bertz CT molecular complexity index is 123. The summed E-state index contributed by atoms with van der Waals surface area (Å²) < 4.78 is 0. The second-order valence-corrected chi connectivity index (χ2v) is 0.883. The molecule has 0 radical (unpaired) electrons. The van der Waals surface area contributed by atoms with Crippen molar-refractivity contribution in [3.8, 4) is 12.0 Å². The molecule has 0 aromatic rings. The molecule has 0 fully saturated rings. The average Bonchev–Trinajstić information content (AvgIpc) is 1.69. The van der Waals surface area contributed by atoms with Gasteiger partial charge in [-0.2, -0.15) is 0 Å². The van der Waals surface area contributed by atoms with Crippen LogP contribution in [0.5, 0.6) is 0 Å². The van der Waals surface area contributed by atoms with Gasteiger partial charge in [0.2, 0.25) is 0 Å². The van der Waals surface area contributed by atoms with Crippen LogP contribution in [0.25, 0.3) is 0 Å². The van der Waals surface area contributed by atoms with E-state index in [1.807, 2.05) is 0 Å². The molecule has 2 N–H and O–H groups in total. The summed E-state index contributed by atoms with van der Waals surface area (Å²) in [6.45, 7) is 3.44. The monoisotopic (exact) mass is 93.1 g/mol. The maximum absolute atomic E-state index is 4.82. The molecule has 0 aliphatic carbocycles. The summed E-state index contributed by atoms with van der Waals surface area (Å²) in [5.74, 6) is 2.53. The Balaban J connectivity index is 3.40. The molecule has 0 amide bonds. The van der Waals surface area contributed by atoms with Crippen molar-refractivity contribution in [1.29, 1.82) is 0 Å². The van der Waals surface area contributed by atoms with Gasteiger partial charge in [-0.1, -0.05) is 24.7 Å². The Morgan fingerprint density at radius 3 is 2.71 bits per heavy atom. The summed E-state index contributed by atoms with van der Waals surface area (Å²) in [5, 5.41) is 0. The molecule has 1 nitrogen and oxygen atoms in total. The van der Waals surface area contributed by atoms with Crippen LogP contribution in [0.3, 0.4) is 0 Å². The van der Waals surface area contributed by atoms with Gasteiger partial charge in [-0.25, -0.2) is 0 Å². The van der Waals surface area contributed by atoms with Gasteiger partial charge in [-0.15, -0.1) is 0 Å². The van der Waals surface area contributed by atoms with E-state index >= 15 is 0 Å². The van der Waals surface area contributed by atoms with Crippen molar-refractivity contribution in [3.05, 3.63) is 24.8 Å². The van der Waals surface area contributed by atoms with Gasteiger partial charge in [-0.3, -0.25) is 0 Å². The van der Waals surface area contributed by atoms with Crippen LogP contribution in [-0.2, 0) is 0 Å². The van der Waals surface area contributed by atoms with Gasteiger partial charge in [-0.05, 0) is 6.08 Å². The van der Waals surface area contributed by atoms with E-state index in [1.54, 1.807) is 18.2 Å². The Kier molecular flexibility index (Phi) is 4.04. The maximum Gasteiger partial charge on any atom is 0.00636 e.